The van der Waals surface area contributed by atoms with Crippen molar-refractivity contribution in [1.82, 2.24) is 0 Å². The van der Waals surface area contributed by atoms with Gasteiger partial charge in [0.15, 0.2) is 0 Å². The minimum absolute atomic E-state index is 0.171. The minimum atomic E-state index is -0.171. The maximum Gasteiger partial charge on any atom is 0.275 e. The molecule has 19 heavy (non-hydrogen) atoms. The SMILES string of the molecule is Cc1ccc2c(c1)C(=Nc1ccc(Cl)cc1)C(=O)N2. The first-order chi connectivity index (χ1) is 9.13. The van der Waals surface area contributed by atoms with Crippen LogP contribution in [0.15, 0.2) is 47.5 Å². The molecule has 0 fully saturated rings. The molecular formula is C15H11ClN2O. The van der Waals surface area contributed by atoms with Crippen LogP contribution in [-0.2, 0) is 4.79 Å². The van der Waals surface area contributed by atoms with Crippen LogP contribution in [0.5, 0.6) is 0 Å². The first-order valence-electron chi connectivity index (χ1n) is 5.90. The second-order valence-corrected chi connectivity index (χ2v) is 4.88. The predicted octanol–water partition coefficient (Wildman–Crippen LogP) is 3.72. The summed E-state index contributed by atoms with van der Waals surface area (Å²) in [6, 6.07) is 12.9. The zero-order chi connectivity index (χ0) is 13.4. The molecule has 0 atom stereocenters. The zero-order valence-electron chi connectivity index (χ0n) is 10.3. The molecule has 4 heteroatoms. The zero-order valence-corrected chi connectivity index (χ0v) is 11.0. The predicted molar refractivity (Wildman–Crippen MR) is 77.5 cm³/mol. The van der Waals surface area contributed by atoms with E-state index in [4.69, 9.17) is 11.6 Å². The molecule has 3 nitrogen and oxygen atoms in total. The lowest BCUT2D eigenvalue weighted by Crippen LogP contribution is -2.13. The number of halogens is 1. The fraction of sp³-hybridized carbons (Fsp3) is 0.0667. The number of carbonyl (C=O) groups is 1. The van der Waals surface area contributed by atoms with Crippen LogP contribution in [0.2, 0.25) is 5.02 Å². The molecule has 0 radical (unpaired) electrons. The molecule has 0 saturated carbocycles. The van der Waals surface area contributed by atoms with Gasteiger partial charge in [0.2, 0.25) is 0 Å². The molecule has 0 unspecified atom stereocenters. The van der Waals surface area contributed by atoms with E-state index in [-0.39, 0.29) is 5.91 Å². The molecule has 0 saturated heterocycles. The molecule has 1 heterocycles. The number of nitrogens with zero attached hydrogens (tertiary/aromatic N) is 1. The van der Waals surface area contributed by atoms with Crippen molar-refractivity contribution in [3.8, 4) is 0 Å². The lowest BCUT2D eigenvalue weighted by molar-refractivity contribution is -0.110. The standard InChI is InChI=1S/C15H11ClN2O/c1-9-2-7-13-12(8-9)14(15(19)18-13)17-11-5-3-10(16)4-6-11/h2-8H,1H3,(H,17,18,19). The van der Waals surface area contributed by atoms with Gasteiger partial charge >= 0.3 is 0 Å². The number of fused-ring (bicyclic) bond motifs is 1. The van der Waals surface area contributed by atoms with E-state index in [1.807, 2.05) is 25.1 Å². The van der Waals surface area contributed by atoms with Gasteiger partial charge in [0.1, 0.15) is 5.71 Å². The number of hydrogen-bond donors (Lipinski definition) is 1. The van der Waals surface area contributed by atoms with Gasteiger partial charge in [0.25, 0.3) is 5.91 Å². The summed E-state index contributed by atoms with van der Waals surface area (Å²) in [4.78, 5) is 16.4. The summed E-state index contributed by atoms with van der Waals surface area (Å²) >= 11 is 5.83. The number of anilines is 1. The summed E-state index contributed by atoms with van der Waals surface area (Å²) in [5.41, 5.74) is 3.91. The van der Waals surface area contributed by atoms with Crippen LogP contribution >= 0.6 is 11.6 Å². The van der Waals surface area contributed by atoms with Crippen LogP contribution in [0.4, 0.5) is 11.4 Å². The number of hydrogen-bond acceptors (Lipinski definition) is 2. The summed E-state index contributed by atoms with van der Waals surface area (Å²) in [5.74, 6) is -0.171. The molecule has 0 aromatic heterocycles. The topological polar surface area (TPSA) is 41.5 Å². The van der Waals surface area contributed by atoms with E-state index < -0.39 is 0 Å². The second kappa shape index (κ2) is 4.52. The Labute approximate surface area is 115 Å². The van der Waals surface area contributed by atoms with Crippen LogP contribution in [0, 0.1) is 6.92 Å². The molecule has 1 N–H and O–H groups in total. The van der Waals surface area contributed by atoms with Crippen LogP contribution in [-0.4, -0.2) is 11.6 Å². The van der Waals surface area contributed by atoms with Gasteiger partial charge in [-0.15, -0.1) is 0 Å². The van der Waals surface area contributed by atoms with Crippen molar-refractivity contribution in [2.75, 3.05) is 5.32 Å². The number of carbonyl (C=O) groups excluding carboxylic acids is 1. The molecule has 0 aliphatic carbocycles. The van der Waals surface area contributed by atoms with Crippen molar-refractivity contribution < 1.29 is 4.79 Å². The van der Waals surface area contributed by atoms with Gasteiger partial charge < -0.3 is 5.32 Å². The van der Waals surface area contributed by atoms with Crippen molar-refractivity contribution in [3.05, 3.63) is 58.6 Å². The Balaban J connectivity index is 2.08. The van der Waals surface area contributed by atoms with Gasteiger partial charge in [-0.3, -0.25) is 4.79 Å². The number of benzene rings is 2. The quantitative estimate of drug-likeness (QED) is 0.843. The van der Waals surface area contributed by atoms with Gasteiger partial charge in [-0.25, -0.2) is 4.99 Å². The Morgan fingerprint density at radius 1 is 1.11 bits per heavy atom. The normalized spacial score (nSPS) is 15.5. The van der Waals surface area contributed by atoms with E-state index in [2.05, 4.69) is 10.3 Å². The summed E-state index contributed by atoms with van der Waals surface area (Å²) in [6.45, 7) is 1.99. The summed E-state index contributed by atoms with van der Waals surface area (Å²) in [6.07, 6.45) is 0. The molecule has 0 spiro atoms. The van der Waals surface area contributed by atoms with Gasteiger partial charge in [-0.1, -0.05) is 23.2 Å². The van der Waals surface area contributed by atoms with E-state index in [1.54, 1.807) is 24.3 Å². The first kappa shape index (κ1) is 11.9. The fourth-order valence-electron chi connectivity index (χ4n) is 2.02. The molecular weight excluding hydrogens is 260 g/mol. The maximum absolute atomic E-state index is 11.9. The monoisotopic (exact) mass is 270 g/mol. The largest absolute Gasteiger partial charge is 0.320 e. The van der Waals surface area contributed by atoms with Crippen molar-refractivity contribution >= 4 is 34.6 Å². The highest BCUT2D eigenvalue weighted by molar-refractivity contribution is 6.54. The first-order valence-corrected chi connectivity index (χ1v) is 6.28. The summed E-state index contributed by atoms with van der Waals surface area (Å²) in [5, 5.41) is 3.46. The van der Waals surface area contributed by atoms with E-state index in [0.717, 1.165) is 16.8 Å². The molecule has 1 aliphatic rings. The van der Waals surface area contributed by atoms with Crippen LogP contribution < -0.4 is 5.32 Å². The third-order valence-electron chi connectivity index (χ3n) is 2.96. The van der Waals surface area contributed by atoms with Gasteiger partial charge in [0, 0.05) is 10.6 Å². The number of aliphatic imine (C=N–C) groups is 1. The summed E-state index contributed by atoms with van der Waals surface area (Å²) in [7, 11) is 0. The fourth-order valence-corrected chi connectivity index (χ4v) is 2.15. The molecule has 2 aromatic rings. The lowest BCUT2D eigenvalue weighted by atomic mass is 10.1. The van der Waals surface area contributed by atoms with Gasteiger partial charge in [-0.2, -0.15) is 0 Å². The number of nitrogens with one attached hydrogen (secondary N) is 1. The number of amides is 1. The minimum Gasteiger partial charge on any atom is -0.320 e. The van der Waals surface area contributed by atoms with E-state index in [1.165, 1.54) is 0 Å². The average Bonchev–Trinajstić information content (AvgIpc) is 2.69. The van der Waals surface area contributed by atoms with Crippen LogP contribution in [0.3, 0.4) is 0 Å². The number of aryl methyl sites for hydroxylation is 1. The molecule has 3 rings (SSSR count). The smallest absolute Gasteiger partial charge is 0.275 e. The Kier molecular flexibility index (Phi) is 2.84. The Hall–Kier alpha value is -2.13. The highest BCUT2D eigenvalue weighted by atomic mass is 35.5. The Morgan fingerprint density at radius 2 is 1.84 bits per heavy atom. The third-order valence-corrected chi connectivity index (χ3v) is 3.21. The Morgan fingerprint density at radius 3 is 2.58 bits per heavy atom. The molecule has 1 amide bonds. The highest BCUT2D eigenvalue weighted by Gasteiger charge is 2.25. The van der Waals surface area contributed by atoms with Crippen LogP contribution in [0.1, 0.15) is 11.1 Å². The van der Waals surface area contributed by atoms with E-state index in [9.17, 15) is 4.79 Å². The second-order valence-electron chi connectivity index (χ2n) is 4.44. The summed E-state index contributed by atoms with van der Waals surface area (Å²) < 4.78 is 0. The van der Waals surface area contributed by atoms with E-state index in [0.29, 0.717) is 16.4 Å². The van der Waals surface area contributed by atoms with Crippen molar-refractivity contribution in [2.45, 2.75) is 6.92 Å². The van der Waals surface area contributed by atoms with Crippen molar-refractivity contribution in [1.29, 1.82) is 0 Å². The maximum atomic E-state index is 11.9. The Bertz CT molecular complexity index is 690. The molecule has 0 bridgehead atoms. The lowest BCUT2D eigenvalue weighted by Gasteiger charge is -2.00. The van der Waals surface area contributed by atoms with Crippen molar-refractivity contribution in [2.24, 2.45) is 4.99 Å². The average molecular weight is 271 g/mol. The van der Waals surface area contributed by atoms with E-state index >= 15 is 0 Å². The van der Waals surface area contributed by atoms with Crippen LogP contribution in [0.25, 0.3) is 0 Å². The molecule has 2 aromatic carbocycles. The van der Waals surface area contributed by atoms with Crippen molar-refractivity contribution in [3.63, 3.8) is 0 Å². The molecule has 94 valence electrons. The van der Waals surface area contributed by atoms with Gasteiger partial charge in [0.05, 0.1) is 11.4 Å². The van der Waals surface area contributed by atoms with Gasteiger partial charge in [-0.05, 0) is 43.3 Å². The molecule has 1 aliphatic heterocycles. The third kappa shape index (κ3) is 2.25. The number of rotatable bonds is 1. The highest BCUT2D eigenvalue weighted by Crippen LogP contribution is 2.27.